The molecule has 0 aromatic carbocycles. The molecule has 2 saturated heterocycles. The average Bonchev–Trinajstić information content (AvgIpc) is 3.59. The van der Waals surface area contributed by atoms with Crippen molar-refractivity contribution in [3.05, 3.63) is 83.1 Å². The van der Waals surface area contributed by atoms with Crippen molar-refractivity contribution in [3.63, 3.8) is 0 Å². The minimum Gasteiger partial charge on any atom is -0.458 e. The number of fused-ring (bicyclic) bond motifs is 8. The van der Waals surface area contributed by atoms with Crippen LogP contribution in [0, 0.1) is 23.2 Å². The van der Waals surface area contributed by atoms with Crippen LogP contribution in [0.4, 0.5) is 0 Å². The fourth-order valence-electron chi connectivity index (χ4n) is 11.8. The summed E-state index contributed by atoms with van der Waals surface area (Å²) in [4.78, 5) is 19.0. The van der Waals surface area contributed by atoms with Crippen LogP contribution in [-0.2, 0) is 19.0 Å². The van der Waals surface area contributed by atoms with Crippen LogP contribution >= 0.6 is 0 Å². The van der Waals surface area contributed by atoms with Crippen molar-refractivity contribution >= 4 is 11.7 Å². The monoisotopic (exact) mass is 996 g/mol. The fraction of sp³-hybridized carbons (Fsp3) is 0.714. The molecule has 1 aliphatic carbocycles. The van der Waals surface area contributed by atoms with Crippen LogP contribution < -0.4 is 0 Å². The van der Waals surface area contributed by atoms with E-state index < -0.39 is 104 Å². The van der Waals surface area contributed by atoms with Gasteiger partial charge in [0.2, 0.25) is 0 Å². The Hall–Kier alpha value is -3.16. The number of carbonyl (C=O) groups is 1. The normalized spacial score (nSPS) is 45.8. The summed E-state index contributed by atoms with van der Waals surface area (Å²) in [7, 11) is 0. The molecule has 7 bridgehead atoms. The second-order valence-corrected chi connectivity index (χ2v) is 22.0. The summed E-state index contributed by atoms with van der Waals surface area (Å²) in [6, 6.07) is 0. The van der Waals surface area contributed by atoms with Gasteiger partial charge in [-0.25, -0.2) is 0 Å². The van der Waals surface area contributed by atoms with Crippen molar-refractivity contribution in [3.8, 4) is 0 Å². The highest BCUT2D eigenvalue weighted by molar-refractivity contribution is 5.92. The van der Waals surface area contributed by atoms with Crippen molar-refractivity contribution in [1.29, 1.82) is 0 Å². The third-order valence-electron chi connectivity index (χ3n) is 16.1. The van der Waals surface area contributed by atoms with E-state index in [0.717, 1.165) is 48.1 Å². The Morgan fingerprint density at radius 2 is 1.48 bits per heavy atom. The van der Waals surface area contributed by atoms with E-state index in [1.165, 1.54) is 6.08 Å². The van der Waals surface area contributed by atoms with Gasteiger partial charge in [-0.05, 0) is 121 Å². The zero-order valence-corrected chi connectivity index (χ0v) is 42.6. The predicted molar refractivity (Wildman–Crippen MR) is 270 cm³/mol. The molecule has 6 aliphatic rings. The molecule has 19 atom stereocenters. The molecule has 0 spiro atoms. The van der Waals surface area contributed by atoms with Crippen molar-refractivity contribution in [1.82, 2.24) is 0 Å². The Labute approximate surface area is 420 Å². The first-order chi connectivity index (χ1) is 33.6. The first-order valence-electron chi connectivity index (χ1n) is 26.2. The van der Waals surface area contributed by atoms with Gasteiger partial charge in [0.25, 0.3) is 0 Å². The van der Waals surface area contributed by atoms with Gasteiger partial charge >= 0.3 is 5.97 Å². The molecule has 5 aliphatic heterocycles. The molecule has 0 unspecified atom stereocenters. The Morgan fingerprint density at radius 3 is 2.24 bits per heavy atom. The lowest BCUT2D eigenvalue weighted by atomic mass is 9.55. The van der Waals surface area contributed by atoms with Gasteiger partial charge in [0.05, 0.1) is 61.4 Å². The quantitative estimate of drug-likeness (QED) is 0.117. The largest absolute Gasteiger partial charge is 0.458 e. The summed E-state index contributed by atoms with van der Waals surface area (Å²) < 4.78 is 18.3. The van der Waals surface area contributed by atoms with Gasteiger partial charge < -0.3 is 65.3 Å². The zero-order valence-electron chi connectivity index (χ0n) is 42.6. The highest BCUT2D eigenvalue weighted by Gasteiger charge is 2.50. The van der Waals surface area contributed by atoms with Crippen LogP contribution in [0.2, 0.25) is 0 Å². The summed E-state index contributed by atoms with van der Waals surface area (Å²) in [6.45, 7) is 14.9. The van der Waals surface area contributed by atoms with Gasteiger partial charge in [0.15, 0.2) is 0 Å². The van der Waals surface area contributed by atoms with Crippen molar-refractivity contribution in [2.24, 2.45) is 28.2 Å². The zero-order chi connectivity index (χ0) is 51.7. The van der Waals surface area contributed by atoms with Crippen molar-refractivity contribution in [2.75, 3.05) is 6.54 Å². The molecule has 0 radical (unpaired) electrons. The van der Waals surface area contributed by atoms with Gasteiger partial charge in [0, 0.05) is 36.4 Å². The van der Waals surface area contributed by atoms with Crippen LogP contribution in [0.1, 0.15) is 131 Å². The summed E-state index contributed by atoms with van der Waals surface area (Å²) in [6.07, 6.45) is 2.89. The van der Waals surface area contributed by atoms with Gasteiger partial charge in [-0.2, -0.15) is 0 Å². The lowest BCUT2D eigenvalue weighted by molar-refractivity contribution is -0.190. The number of carbonyl (C=O) groups excluding carboxylic acids is 1. The van der Waals surface area contributed by atoms with Crippen molar-refractivity contribution in [2.45, 2.75) is 222 Å². The van der Waals surface area contributed by atoms with E-state index >= 15 is 0 Å². The minimum absolute atomic E-state index is 0.0275. The van der Waals surface area contributed by atoms with Gasteiger partial charge in [-0.3, -0.25) is 9.79 Å². The third kappa shape index (κ3) is 15.0. The lowest BCUT2D eigenvalue weighted by Crippen LogP contribution is -2.51. The Morgan fingerprint density at radius 1 is 0.718 bits per heavy atom. The minimum atomic E-state index is -1.51. The summed E-state index contributed by atoms with van der Waals surface area (Å²) in [5.41, 5.74) is 4.99. The highest BCUT2D eigenvalue weighted by Crippen LogP contribution is 2.53. The average molecular weight is 996 g/mol. The van der Waals surface area contributed by atoms with E-state index in [4.69, 9.17) is 19.2 Å². The van der Waals surface area contributed by atoms with Crippen LogP contribution in [-0.4, -0.2) is 161 Å². The number of ether oxygens (including phenoxy) is 3. The van der Waals surface area contributed by atoms with E-state index in [-0.39, 0.29) is 55.3 Å². The van der Waals surface area contributed by atoms with Gasteiger partial charge in [0.1, 0.15) is 36.6 Å². The second kappa shape index (κ2) is 25.9. The van der Waals surface area contributed by atoms with Gasteiger partial charge in [-0.15, -0.1) is 0 Å². The summed E-state index contributed by atoms with van der Waals surface area (Å²) in [5.74, 6) is -0.671. The van der Waals surface area contributed by atoms with E-state index in [1.54, 1.807) is 25.2 Å². The molecule has 5 heterocycles. The molecule has 71 heavy (non-hydrogen) atoms. The number of esters is 1. The van der Waals surface area contributed by atoms with Crippen LogP contribution in [0.15, 0.2) is 88.0 Å². The fourth-order valence-corrected chi connectivity index (χ4v) is 11.8. The topological polar surface area (TPSA) is 259 Å². The number of aliphatic hydroxyl groups excluding tert-OH is 10. The Balaban J connectivity index is 1.37. The molecule has 10 N–H and O–H groups in total. The lowest BCUT2D eigenvalue weighted by Gasteiger charge is -2.50. The number of allylic oxidation sites excluding steroid dienone is 7. The molecule has 0 saturated carbocycles. The number of rotatable bonds is 0. The molecule has 2 fully saturated rings. The van der Waals surface area contributed by atoms with Crippen LogP contribution in [0.5, 0.6) is 0 Å². The van der Waals surface area contributed by atoms with E-state index in [9.17, 15) is 55.9 Å². The number of aliphatic hydroxyl groups is 10. The molecular formula is C56H85NO14. The molecule has 398 valence electrons. The van der Waals surface area contributed by atoms with E-state index in [0.29, 0.717) is 49.8 Å². The first kappa shape index (κ1) is 57.1. The van der Waals surface area contributed by atoms with Crippen LogP contribution in [0.25, 0.3) is 0 Å². The molecule has 15 nitrogen and oxygen atoms in total. The SMILES string of the molecule is C=C1CC/C=C/[C@@H](O)[C@H](O)C[C@H](O)CC2=C[C@@H]3/C(C)=C/C[C@@H](C)C[C@@H](/C=C(\C)[C@@H](O)[C@@H]4C[C@@H](O)[C@H](O)[C@@H](CC[C@H](O)/C=C/C(C)=C/CCC5=NCC[C@H](C2)[C@@]53C)O4)OC(=O)C[C@@H]2O[C@H]([C@@H](O)[C@H]2O)[C@@H](O)C1. The standard InChI is InChI=1S/C56H85NO14/c1-31-11-9-13-49-56(6)37(20-21-57-49)25-36-26-39(59)28-43(61)42(60)12-8-7-10-32(2)23-45(63)55-54(68)53(67)48(71-55)30-50(64)69-40(22-33(3)14-16-34(4)41(56)27-36)24-35(5)51(65)47-29-44(62)52(66)46(70-47)19-18-38(58)17-15-31/h8,11-12,15-17,24,27,33,37-48,51-55,58-63,65-68H,2,7,9-10,13-14,18-23,25-26,28-30H2,1,3-6H3/b12-8+,17-15+,31-11+,34-16+,35-24+/t33-,37-,38-,39-,40+,41-,42-,43-,44-,45+,46-,47+,48+,51-,52+,53+,54+,55+,56-/m1/s1. The van der Waals surface area contributed by atoms with E-state index in [2.05, 4.69) is 38.7 Å². The Kier molecular flexibility index (Phi) is 20.8. The molecular weight excluding hydrogens is 911 g/mol. The molecule has 6 rings (SSSR count). The van der Waals surface area contributed by atoms with Crippen LogP contribution in [0.3, 0.4) is 0 Å². The first-order valence-corrected chi connectivity index (χ1v) is 26.2. The van der Waals surface area contributed by atoms with Crippen molar-refractivity contribution < 1.29 is 70.1 Å². The van der Waals surface area contributed by atoms with E-state index in [1.807, 2.05) is 19.9 Å². The smallest absolute Gasteiger partial charge is 0.309 e. The molecule has 0 aromatic heterocycles. The predicted octanol–water partition coefficient (Wildman–Crippen LogP) is 4.70. The summed E-state index contributed by atoms with van der Waals surface area (Å²) >= 11 is 0. The number of nitrogens with zero attached hydrogens (tertiary/aromatic N) is 1. The number of hydrogen-bond donors (Lipinski definition) is 10. The highest BCUT2D eigenvalue weighted by atomic mass is 16.6. The maximum atomic E-state index is 13.9. The maximum absolute atomic E-state index is 13.9. The second-order valence-electron chi connectivity index (χ2n) is 22.0. The molecule has 0 amide bonds. The summed E-state index contributed by atoms with van der Waals surface area (Å²) in [5, 5.41) is 111. The van der Waals surface area contributed by atoms with Gasteiger partial charge in [-0.1, -0.05) is 85.3 Å². The Bertz CT molecular complexity index is 2030. The molecule has 15 heteroatoms. The third-order valence-corrected chi connectivity index (χ3v) is 16.1. The molecule has 0 aromatic rings. The number of hydrogen-bond acceptors (Lipinski definition) is 15. The number of aliphatic imine (C=N–C) groups is 1. The maximum Gasteiger partial charge on any atom is 0.309 e.